The molecule has 2 aromatic rings. The van der Waals surface area contributed by atoms with Crippen molar-refractivity contribution in [3.05, 3.63) is 59.7 Å². The summed E-state index contributed by atoms with van der Waals surface area (Å²) in [6, 6.07) is 16.4. The van der Waals surface area contributed by atoms with Crippen LogP contribution in [0.25, 0.3) is 0 Å². The molecule has 0 heterocycles. The molecule has 1 aliphatic rings. The number of ether oxygens (including phenoxy) is 2. The second-order valence-electron chi connectivity index (χ2n) is 6.73. The predicted octanol–water partition coefficient (Wildman–Crippen LogP) is 3.53. The fraction of sp³-hybridized carbons (Fsp3) is 0.409. The molecule has 0 atom stereocenters. The average molecular weight is 367 g/mol. The highest BCUT2D eigenvalue weighted by Gasteiger charge is 2.20. The van der Waals surface area contributed by atoms with Gasteiger partial charge in [0.25, 0.3) is 0 Å². The SMILES string of the molecule is CN=C(NCCc1ccc(OC)cc1)NCc1ccccc1OC1CCC1. The Balaban J connectivity index is 1.46. The second kappa shape index (κ2) is 9.86. The summed E-state index contributed by atoms with van der Waals surface area (Å²) < 4.78 is 11.3. The van der Waals surface area contributed by atoms with Crippen molar-refractivity contribution in [2.75, 3.05) is 20.7 Å². The highest BCUT2D eigenvalue weighted by molar-refractivity contribution is 5.79. The maximum atomic E-state index is 6.09. The third-order valence-electron chi connectivity index (χ3n) is 4.85. The maximum Gasteiger partial charge on any atom is 0.191 e. The number of guanidine groups is 1. The van der Waals surface area contributed by atoms with E-state index in [-0.39, 0.29) is 0 Å². The standard InChI is InChI=1S/C22H29N3O2/c1-23-22(24-15-14-17-10-12-19(26-2)13-11-17)25-16-18-6-3-4-9-21(18)27-20-7-5-8-20/h3-4,6,9-13,20H,5,7-8,14-16H2,1-2H3,(H2,23,24,25). The lowest BCUT2D eigenvalue weighted by atomic mass is 9.96. The number of hydrogen-bond donors (Lipinski definition) is 2. The van der Waals surface area contributed by atoms with Gasteiger partial charge < -0.3 is 20.1 Å². The fourth-order valence-electron chi connectivity index (χ4n) is 2.95. The molecule has 0 bridgehead atoms. The van der Waals surface area contributed by atoms with E-state index in [9.17, 15) is 0 Å². The molecule has 0 amide bonds. The molecule has 1 saturated carbocycles. The molecule has 2 N–H and O–H groups in total. The number of nitrogens with one attached hydrogen (secondary N) is 2. The Hall–Kier alpha value is -2.69. The quantitative estimate of drug-likeness (QED) is 0.554. The number of para-hydroxylation sites is 1. The van der Waals surface area contributed by atoms with Gasteiger partial charge in [-0.1, -0.05) is 30.3 Å². The Bertz CT molecular complexity index is 739. The zero-order valence-electron chi connectivity index (χ0n) is 16.2. The topological polar surface area (TPSA) is 54.9 Å². The van der Waals surface area contributed by atoms with E-state index in [0.29, 0.717) is 12.6 Å². The highest BCUT2D eigenvalue weighted by Crippen LogP contribution is 2.27. The van der Waals surface area contributed by atoms with Crippen LogP contribution in [-0.2, 0) is 13.0 Å². The molecule has 5 heteroatoms. The van der Waals surface area contributed by atoms with E-state index in [2.05, 4.69) is 39.9 Å². The van der Waals surface area contributed by atoms with Crippen molar-refractivity contribution in [2.45, 2.75) is 38.3 Å². The molecule has 0 radical (unpaired) electrons. The summed E-state index contributed by atoms with van der Waals surface area (Å²) in [4.78, 5) is 4.31. The van der Waals surface area contributed by atoms with Crippen molar-refractivity contribution >= 4 is 5.96 Å². The largest absolute Gasteiger partial charge is 0.497 e. The van der Waals surface area contributed by atoms with E-state index in [4.69, 9.17) is 9.47 Å². The minimum Gasteiger partial charge on any atom is -0.497 e. The van der Waals surface area contributed by atoms with E-state index in [1.54, 1.807) is 14.2 Å². The smallest absolute Gasteiger partial charge is 0.191 e. The molecule has 27 heavy (non-hydrogen) atoms. The van der Waals surface area contributed by atoms with Crippen LogP contribution in [0.2, 0.25) is 0 Å². The van der Waals surface area contributed by atoms with Crippen LogP contribution >= 0.6 is 0 Å². The highest BCUT2D eigenvalue weighted by atomic mass is 16.5. The first-order valence-electron chi connectivity index (χ1n) is 9.60. The minimum absolute atomic E-state index is 0.382. The van der Waals surface area contributed by atoms with Crippen LogP contribution in [0, 0.1) is 0 Å². The molecular weight excluding hydrogens is 338 g/mol. The van der Waals surface area contributed by atoms with Crippen molar-refractivity contribution in [3.8, 4) is 11.5 Å². The minimum atomic E-state index is 0.382. The lowest BCUT2D eigenvalue weighted by molar-refractivity contribution is 0.119. The summed E-state index contributed by atoms with van der Waals surface area (Å²) >= 11 is 0. The molecule has 0 aliphatic heterocycles. The van der Waals surface area contributed by atoms with E-state index in [1.807, 2.05) is 24.3 Å². The van der Waals surface area contributed by atoms with Gasteiger partial charge in [-0.05, 0) is 49.4 Å². The molecule has 3 rings (SSSR count). The second-order valence-corrected chi connectivity index (χ2v) is 6.73. The molecule has 5 nitrogen and oxygen atoms in total. The maximum absolute atomic E-state index is 6.09. The first kappa shape index (κ1) is 19.1. The van der Waals surface area contributed by atoms with Crippen LogP contribution in [0.3, 0.4) is 0 Å². The van der Waals surface area contributed by atoms with Crippen molar-refractivity contribution in [1.82, 2.24) is 10.6 Å². The molecule has 2 aromatic carbocycles. The third kappa shape index (κ3) is 5.64. The van der Waals surface area contributed by atoms with Gasteiger partial charge in [0.05, 0.1) is 13.2 Å². The van der Waals surface area contributed by atoms with Gasteiger partial charge in [-0.3, -0.25) is 4.99 Å². The molecule has 144 valence electrons. The van der Waals surface area contributed by atoms with Gasteiger partial charge >= 0.3 is 0 Å². The van der Waals surface area contributed by atoms with Crippen molar-refractivity contribution in [1.29, 1.82) is 0 Å². The van der Waals surface area contributed by atoms with Crippen molar-refractivity contribution < 1.29 is 9.47 Å². The summed E-state index contributed by atoms with van der Waals surface area (Å²) in [7, 11) is 3.47. The van der Waals surface area contributed by atoms with E-state index in [0.717, 1.165) is 48.8 Å². The lowest BCUT2D eigenvalue weighted by Gasteiger charge is -2.27. The summed E-state index contributed by atoms with van der Waals surface area (Å²) in [6.07, 6.45) is 4.90. The number of nitrogens with zero attached hydrogens (tertiary/aromatic N) is 1. The van der Waals surface area contributed by atoms with Crippen LogP contribution in [0.4, 0.5) is 0 Å². The molecule has 0 unspecified atom stereocenters. The molecule has 0 aromatic heterocycles. The molecule has 1 fully saturated rings. The Morgan fingerprint density at radius 3 is 2.52 bits per heavy atom. The van der Waals surface area contributed by atoms with E-state index in [1.165, 1.54) is 12.0 Å². The monoisotopic (exact) mass is 367 g/mol. The first-order valence-corrected chi connectivity index (χ1v) is 9.60. The summed E-state index contributed by atoms with van der Waals surface area (Å²) in [5.74, 6) is 2.65. The third-order valence-corrected chi connectivity index (χ3v) is 4.85. The Kier molecular flexibility index (Phi) is 6.97. The van der Waals surface area contributed by atoms with Crippen LogP contribution < -0.4 is 20.1 Å². The van der Waals surface area contributed by atoms with Gasteiger partial charge in [0.1, 0.15) is 11.5 Å². The van der Waals surface area contributed by atoms with Gasteiger partial charge in [0.15, 0.2) is 5.96 Å². The van der Waals surface area contributed by atoms with E-state index >= 15 is 0 Å². The van der Waals surface area contributed by atoms with Gasteiger partial charge in [0, 0.05) is 25.7 Å². The van der Waals surface area contributed by atoms with Gasteiger partial charge in [-0.25, -0.2) is 0 Å². The zero-order valence-corrected chi connectivity index (χ0v) is 16.2. The number of rotatable bonds is 8. The Morgan fingerprint density at radius 2 is 1.85 bits per heavy atom. The van der Waals surface area contributed by atoms with Gasteiger partial charge in [-0.2, -0.15) is 0 Å². The Labute approximate surface area is 161 Å². The lowest BCUT2D eigenvalue weighted by Crippen LogP contribution is -2.38. The molecule has 0 spiro atoms. The van der Waals surface area contributed by atoms with Crippen molar-refractivity contribution in [3.63, 3.8) is 0 Å². The van der Waals surface area contributed by atoms with Crippen LogP contribution in [0.15, 0.2) is 53.5 Å². The van der Waals surface area contributed by atoms with Crippen LogP contribution in [0.5, 0.6) is 11.5 Å². The first-order chi connectivity index (χ1) is 13.3. The normalized spacial score (nSPS) is 14.4. The van der Waals surface area contributed by atoms with Crippen LogP contribution in [0.1, 0.15) is 30.4 Å². The number of aliphatic imine (C=N–C) groups is 1. The average Bonchev–Trinajstić information content (AvgIpc) is 2.68. The number of hydrogen-bond acceptors (Lipinski definition) is 3. The van der Waals surface area contributed by atoms with Crippen LogP contribution in [-0.4, -0.2) is 32.8 Å². The predicted molar refractivity (Wildman–Crippen MR) is 110 cm³/mol. The molecule has 1 aliphatic carbocycles. The summed E-state index contributed by atoms with van der Waals surface area (Å²) in [5, 5.41) is 6.74. The fourth-order valence-corrected chi connectivity index (χ4v) is 2.95. The zero-order chi connectivity index (χ0) is 18.9. The van der Waals surface area contributed by atoms with Crippen molar-refractivity contribution in [2.24, 2.45) is 4.99 Å². The molecule has 0 saturated heterocycles. The van der Waals surface area contributed by atoms with E-state index < -0.39 is 0 Å². The summed E-state index contributed by atoms with van der Waals surface area (Å²) in [6.45, 7) is 1.50. The number of benzene rings is 2. The Morgan fingerprint density at radius 1 is 1.07 bits per heavy atom. The summed E-state index contributed by atoms with van der Waals surface area (Å²) in [5.41, 5.74) is 2.42. The van der Waals surface area contributed by atoms with Gasteiger partial charge in [0.2, 0.25) is 0 Å². The molecular formula is C22H29N3O2. The number of methoxy groups -OCH3 is 1. The van der Waals surface area contributed by atoms with Gasteiger partial charge in [-0.15, -0.1) is 0 Å².